The number of aromatic nitrogens is 1. The van der Waals surface area contributed by atoms with Crippen molar-refractivity contribution < 1.29 is 29.4 Å². The van der Waals surface area contributed by atoms with Crippen LogP contribution >= 0.6 is 0 Å². The molecule has 0 bridgehead atoms. The summed E-state index contributed by atoms with van der Waals surface area (Å²) in [6, 6.07) is -0.0650. The fourth-order valence-corrected chi connectivity index (χ4v) is 7.23. The van der Waals surface area contributed by atoms with Gasteiger partial charge in [-0.25, -0.2) is 0 Å². The molecule has 2 fully saturated rings. The number of carboxylic acid groups (broad SMARTS) is 2. The monoisotopic (exact) mass is 594 g/mol. The molecular formula is C33H46N4O6. The number of hydrogen-bond donors (Lipinski definition) is 5. The molecule has 43 heavy (non-hydrogen) atoms. The van der Waals surface area contributed by atoms with Crippen molar-refractivity contribution in [1.82, 2.24) is 15.6 Å². The lowest BCUT2D eigenvalue weighted by atomic mass is 9.86. The van der Waals surface area contributed by atoms with Crippen LogP contribution in [0.15, 0.2) is 21.8 Å². The number of rotatable bonds is 13. The lowest BCUT2D eigenvalue weighted by Gasteiger charge is -2.19. The molecule has 0 unspecified atom stereocenters. The number of aliphatic imine (C=N–C) groups is 1. The molecule has 0 aliphatic carbocycles. The molecule has 1 aromatic heterocycles. The standard InChI is InChI=1S/C33H46N4O6/c1-7-20-19(6)32(42)37-27(20)14-25-18(5)23(10-12-31(40)41)29(35-25)15-28-22(9-11-30(38)39)17(4)24(34-28)13-26-16(3)21(8-2)33(43)36-26/h15-16,19-21,26-27,34H,7-14H2,1-6H3,(H,36,43)(H,37,42)(H,38,39)(H,40,41)/t16-,19+,20+,21-,26+,27-/m0/s1. The smallest absolute Gasteiger partial charge is 0.303 e. The third-order valence-electron chi connectivity index (χ3n) is 10.0. The van der Waals surface area contributed by atoms with Crippen LogP contribution in [0.4, 0.5) is 0 Å². The van der Waals surface area contributed by atoms with Crippen LogP contribution in [0.5, 0.6) is 0 Å². The molecule has 4 rings (SSSR count). The maximum atomic E-state index is 12.5. The number of amides is 2. The molecule has 6 atom stereocenters. The van der Waals surface area contributed by atoms with Gasteiger partial charge in [0.2, 0.25) is 11.8 Å². The number of H-pyrrole nitrogens is 1. The maximum Gasteiger partial charge on any atom is 0.303 e. The first kappa shape index (κ1) is 32.2. The second kappa shape index (κ2) is 13.3. The summed E-state index contributed by atoms with van der Waals surface area (Å²) in [6.45, 7) is 12.1. The molecular weight excluding hydrogens is 548 g/mol. The molecule has 3 aliphatic rings. The van der Waals surface area contributed by atoms with E-state index >= 15 is 0 Å². The molecule has 0 saturated carbocycles. The first-order valence-electron chi connectivity index (χ1n) is 15.6. The number of aliphatic carboxylic acids is 2. The van der Waals surface area contributed by atoms with Gasteiger partial charge in [-0.15, -0.1) is 0 Å². The Balaban J connectivity index is 1.71. The average molecular weight is 595 g/mol. The maximum absolute atomic E-state index is 12.5. The van der Waals surface area contributed by atoms with Gasteiger partial charge in [-0.1, -0.05) is 34.1 Å². The third kappa shape index (κ3) is 6.78. The predicted octanol–water partition coefficient (Wildman–Crippen LogP) is 4.57. The summed E-state index contributed by atoms with van der Waals surface area (Å²) in [5, 5.41) is 25.2. The number of nitrogens with zero attached hydrogens (tertiary/aromatic N) is 1. The molecule has 0 spiro atoms. The number of aromatic amines is 1. The van der Waals surface area contributed by atoms with Gasteiger partial charge in [-0.05, 0) is 73.3 Å². The summed E-state index contributed by atoms with van der Waals surface area (Å²) in [6.07, 6.45) is 5.30. The highest BCUT2D eigenvalue weighted by Gasteiger charge is 2.40. The van der Waals surface area contributed by atoms with E-state index in [1.807, 2.05) is 33.8 Å². The highest BCUT2D eigenvalue weighted by molar-refractivity contribution is 6.06. The Morgan fingerprint density at radius 3 is 2.16 bits per heavy atom. The lowest BCUT2D eigenvalue weighted by Crippen LogP contribution is -2.31. The highest BCUT2D eigenvalue weighted by atomic mass is 16.4. The zero-order valence-electron chi connectivity index (χ0n) is 26.2. The van der Waals surface area contributed by atoms with Crippen molar-refractivity contribution >= 4 is 35.5 Å². The summed E-state index contributed by atoms with van der Waals surface area (Å²) in [5.41, 5.74) is 6.85. The van der Waals surface area contributed by atoms with E-state index in [2.05, 4.69) is 29.5 Å². The topological polar surface area (TPSA) is 161 Å². The fraction of sp³-hybridized carbons (Fsp3) is 0.606. The molecule has 0 aromatic carbocycles. The van der Waals surface area contributed by atoms with E-state index in [4.69, 9.17) is 4.99 Å². The Bertz CT molecular complexity index is 1390. The van der Waals surface area contributed by atoms with Crippen LogP contribution in [0.25, 0.3) is 6.08 Å². The Morgan fingerprint density at radius 1 is 0.907 bits per heavy atom. The summed E-state index contributed by atoms with van der Waals surface area (Å²) < 4.78 is 0. The Labute approximate surface area is 253 Å². The van der Waals surface area contributed by atoms with Crippen LogP contribution < -0.4 is 10.6 Å². The number of carbonyl (C=O) groups excluding carboxylic acids is 2. The van der Waals surface area contributed by atoms with Gasteiger partial charge in [-0.2, -0.15) is 0 Å². The van der Waals surface area contributed by atoms with E-state index in [9.17, 15) is 29.4 Å². The van der Waals surface area contributed by atoms with E-state index in [0.717, 1.165) is 52.2 Å². The van der Waals surface area contributed by atoms with Crippen LogP contribution in [0.2, 0.25) is 0 Å². The van der Waals surface area contributed by atoms with Gasteiger partial charge in [0.05, 0.1) is 5.70 Å². The lowest BCUT2D eigenvalue weighted by molar-refractivity contribution is -0.138. The highest BCUT2D eigenvalue weighted by Crippen LogP contribution is 2.37. The predicted molar refractivity (Wildman–Crippen MR) is 165 cm³/mol. The van der Waals surface area contributed by atoms with Gasteiger partial charge < -0.3 is 25.8 Å². The molecule has 0 radical (unpaired) electrons. The fourth-order valence-electron chi connectivity index (χ4n) is 7.23. The van der Waals surface area contributed by atoms with Crippen LogP contribution in [0.3, 0.4) is 0 Å². The number of carboxylic acids is 2. The van der Waals surface area contributed by atoms with Crippen LogP contribution in [0, 0.1) is 30.6 Å². The number of nitrogens with one attached hydrogen (secondary N) is 3. The minimum absolute atomic E-state index is 0.0237. The van der Waals surface area contributed by atoms with Crippen molar-refractivity contribution in [2.75, 3.05) is 0 Å². The average Bonchev–Trinajstić information content (AvgIpc) is 3.59. The van der Waals surface area contributed by atoms with Gasteiger partial charge in [0.15, 0.2) is 0 Å². The number of carbonyl (C=O) groups is 4. The largest absolute Gasteiger partial charge is 0.481 e. The van der Waals surface area contributed by atoms with Gasteiger partial charge in [0, 0.05) is 66.7 Å². The zero-order chi connectivity index (χ0) is 31.6. The van der Waals surface area contributed by atoms with Crippen molar-refractivity contribution in [1.29, 1.82) is 0 Å². The third-order valence-corrected chi connectivity index (χ3v) is 10.0. The second-order valence-corrected chi connectivity index (χ2v) is 12.5. The number of allylic oxidation sites excluding steroid dienone is 2. The Morgan fingerprint density at radius 2 is 1.56 bits per heavy atom. The molecule has 10 nitrogen and oxygen atoms in total. The Kier molecular flexibility index (Phi) is 9.97. The molecule has 2 amide bonds. The normalized spacial score (nSPS) is 28.0. The quantitative estimate of drug-likeness (QED) is 0.225. The van der Waals surface area contributed by atoms with Gasteiger partial charge in [0.25, 0.3) is 0 Å². The molecule has 4 heterocycles. The van der Waals surface area contributed by atoms with Crippen molar-refractivity contribution in [3.05, 3.63) is 39.4 Å². The van der Waals surface area contributed by atoms with E-state index in [1.165, 1.54) is 0 Å². The van der Waals surface area contributed by atoms with Crippen molar-refractivity contribution in [3.63, 3.8) is 0 Å². The minimum Gasteiger partial charge on any atom is -0.481 e. The second-order valence-electron chi connectivity index (χ2n) is 12.5. The Hall–Kier alpha value is -3.69. The van der Waals surface area contributed by atoms with Gasteiger partial charge >= 0.3 is 11.9 Å². The molecule has 234 valence electrons. The van der Waals surface area contributed by atoms with E-state index in [1.54, 1.807) is 0 Å². The summed E-state index contributed by atoms with van der Waals surface area (Å²) in [4.78, 5) is 56.5. The van der Waals surface area contributed by atoms with E-state index in [-0.39, 0.29) is 60.4 Å². The summed E-state index contributed by atoms with van der Waals surface area (Å²) >= 11 is 0. The van der Waals surface area contributed by atoms with E-state index < -0.39 is 11.9 Å². The van der Waals surface area contributed by atoms with Crippen molar-refractivity contribution in [2.45, 2.75) is 105 Å². The molecule has 10 heteroatoms. The van der Waals surface area contributed by atoms with Gasteiger partial charge in [0.1, 0.15) is 0 Å². The summed E-state index contributed by atoms with van der Waals surface area (Å²) in [5.74, 6) is -1.38. The SMILES string of the molecule is CC[C@H]1[C@H](CC2=NC(=Cc3[nH]c(C[C@H]4NC(=O)[C@@H](CC)[C@@H]4C)c(C)c3CCC(=O)O)C(CCC(=O)O)=C2C)NC(=O)[C@@H]1C. The van der Waals surface area contributed by atoms with E-state index in [0.29, 0.717) is 31.4 Å². The zero-order valence-corrected chi connectivity index (χ0v) is 26.2. The van der Waals surface area contributed by atoms with Crippen molar-refractivity contribution in [2.24, 2.45) is 28.7 Å². The summed E-state index contributed by atoms with van der Waals surface area (Å²) in [7, 11) is 0. The first-order chi connectivity index (χ1) is 20.4. The van der Waals surface area contributed by atoms with Crippen LogP contribution in [-0.2, 0) is 32.0 Å². The molecule has 2 saturated heterocycles. The minimum atomic E-state index is -0.894. The first-order valence-corrected chi connectivity index (χ1v) is 15.6. The number of hydrogen-bond acceptors (Lipinski definition) is 5. The molecule has 1 aromatic rings. The molecule has 3 aliphatic heterocycles. The molecule has 5 N–H and O–H groups in total. The van der Waals surface area contributed by atoms with Crippen LogP contribution in [-0.4, -0.2) is 56.7 Å². The van der Waals surface area contributed by atoms with Gasteiger partial charge in [-0.3, -0.25) is 24.2 Å². The van der Waals surface area contributed by atoms with Crippen molar-refractivity contribution in [3.8, 4) is 0 Å². The van der Waals surface area contributed by atoms with Crippen LogP contribution in [0.1, 0.15) is 95.7 Å².